The van der Waals surface area contributed by atoms with Crippen LogP contribution in [0.5, 0.6) is 0 Å². The zero-order valence-corrected chi connectivity index (χ0v) is 17.5. The maximum Gasteiger partial charge on any atom is 0.191 e. The fourth-order valence-corrected chi connectivity index (χ4v) is 5.14. The molecular formula is C19H38N4O2S. The number of guanidine groups is 1. The van der Waals surface area contributed by atoms with Crippen LogP contribution < -0.4 is 10.6 Å². The highest BCUT2D eigenvalue weighted by atomic mass is 32.2. The van der Waals surface area contributed by atoms with Gasteiger partial charge >= 0.3 is 0 Å². The molecule has 1 aliphatic carbocycles. The largest absolute Gasteiger partial charge is 0.357 e. The number of nitrogens with zero attached hydrogens (tertiary/aromatic N) is 2. The molecule has 0 amide bonds. The number of rotatable bonds is 8. The summed E-state index contributed by atoms with van der Waals surface area (Å²) in [6, 6.07) is 0.426. The van der Waals surface area contributed by atoms with Gasteiger partial charge in [-0.15, -0.1) is 0 Å². The first kappa shape index (κ1) is 21.5. The summed E-state index contributed by atoms with van der Waals surface area (Å²) in [5.74, 6) is 2.37. The van der Waals surface area contributed by atoms with Gasteiger partial charge in [-0.2, -0.15) is 0 Å². The third-order valence-electron chi connectivity index (χ3n) is 5.58. The molecule has 0 aromatic rings. The van der Waals surface area contributed by atoms with Crippen LogP contribution in [0.25, 0.3) is 0 Å². The van der Waals surface area contributed by atoms with Gasteiger partial charge in [-0.25, -0.2) is 8.42 Å². The van der Waals surface area contributed by atoms with Gasteiger partial charge in [0.05, 0.1) is 18.1 Å². The van der Waals surface area contributed by atoms with Crippen molar-refractivity contribution in [3.8, 4) is 0 Å². The molecule has 7 heteroatoms. The molecule has 0 aromatic carbocycles. The van der Waals surface area contributed by atoms with Gasteiger partial charge in [-0.05, 0) is 32.6 Å². The Kier molecular flexibility index (Phi) is 9.19. The lowest BCUT2D eigenvalue weighted by atomic mass is 9.85. The Labute approximate surface area is 160 Å². The minimum Gasteiger partial charge on any atom is -0.357 e. The Bertz CT molecular complexity index is 516. The van der Waals surface area contributed by atoms with Crippen LogP contribution in [-0.4, -0.2) is 69.5 Å². The quantitative estimate of drug-likeness (QED) is 0.493. The van der Waals surface area contributed by atoms with Crippen molar-refractivity contribution in [3.63, 3.8) is 0 Å². The van der Waals surface area contributed by atoms with Crippen LogP contribution in [0.1, 0.15) is 58.8 Å². The maximum absolute atomic E-state index is 11.5. The van der Waals surface area contributed by atoms with E-state index in [9.17, 15) is 8.42 Å². The van der Waals surface area contributed by atoms with Crippen LogP contribution in [0.15, 0.2) is 4.99 Å². The number of aliphatic imine (C=N–C) groups is 1. The zero-order valence-electron chi connectivity index (χ0n) is 16.7. The number of nitrogens with one attached hydrogen (secondary N) is 2. The topological polar surface area (TPSA) is 73.8 Å². The van der Waals surface area contributed by atoms with E-state index < -0.39 is 9.84 Å². The first-order chi connectivity index (χ1) is 12.5. The van der Waals surface area contributed by atoms with Crippen molar-refractivity contribution in [1.29, 1.82) is 0 Å². The predicted molar refractivity (Wildman–Crippen MR) is 109 cm³/mol. The Morgan fingerprint density at radius 1 is 1.19 bits per heavy atom. The predicted octanol–water partition coefficient (Wildman–Crippen LogP) is 2.02. The van der Waals surface area contributed by atoms with Gasteiger partial charge in [0.25, 0.3) is 0 Å². The molecule has 1 aliphatic heterocycles. The Morgan fingerprint density at radius 2 is 1.88 bits per heavy atom. The van der Waals surface area contributed by atoms with E-state index >= 15 is 0 Å². The van der Waals surface area contributed by atoms with Crippen molar-refractivity contribution >= 4 is 15.8 Å². The van der Waals surface area contributed by atoms with Crippen LogP contribution in [0, 0.1) is 5.92 Å². The van der Waals surface area contributed by atoms with Crippen molar-refractivity contribution in [2.75, 3.05) is 44.2 Å². The Morgan fingerprint density at radius 3 is 2.54 bits per heavy atom. The summed E-state index contributed by atoms with van der Waals surface area (Å²) in [5, 5.41) is 6.86. The van der Waals surface area contributed by atoms with E-state index in [1.54, 1.807) is 0 Å². The maximum atomic E-state index is 11.5. The van der Waals surface area contributed by atoms with E-state index in [1.807, 2.05) is 0 Å². The average molecular weight is 387 g/mol. The van der Waals surface area contributed by atoms with Gasteiger partial charge < -0.3 is 10.6 Å². The molecule has 6 nitrogen and oxygen atoms in total. The molecule has 2 N–H and O–H groups in total. The molecule has 1 atom stereocenters. The van der Waals surface area contributed by atoms with Gasteiger partial charge in [-0.1, -0.05) is 32.1 Å². The molecule has 2 rings (SSSR count). The van der Waals surface area contributed by atoms with Crippen molar-refractivity contribution in [1.82, 2.24) is 15.5 Å². The van der Waals surface area contributed by atoms with Gasteiger partial charge in [0, 0.05) is 32.2 Å². The zero-order chi connectivity index (χ0) is 18.8. The Balaban J connectivity index is 1.69. The summed E-state index contributed by atoms with van der Waals surface area (Å²) in [7, 11) is -2.80. The van der Waals surface area contributed by atoms with E-state index in [0.717, 1.165) is 25.0 Å². The highest BCUT2D eigenvalue weighted by molar-refractivity contribution is 7.91. The third kappa shape index (κ3) is 8.25. The third-order valence-corrected chi connectivity index (χ3v) is 7.19. The lowest BCUT2D eigenvalue weighted by molar-refractivity contribution is 0.304. The molecule has 0 radical (unpaired) electrons. The van der Waals surface area contributed by atoms with Gasteiger partial charge in [0.1, 0.15) is 0 Å². The Hall–Kier alpha value is -0.820. The summed E-state index contributed by atoms with van der Waals surface area (Å²) in [6.45, 7) is 7.97. The highest BCUT2D eigenvalue weighted by Crippen LogP contribution is 2.27. The number of hydrogen-bond acceptors (Lipinski definition) is 4. The van der Waals surface area contributed by atoms with E-state index in [4.69, 9.17) is 0 Å². The minimum atomic E-state index is -2.80. The lowest BCUT2D eigenvalue weighted by Gasteiger charge is -2.26. The summed E-state index contributed by atoms with van der Waals surface area (Å²) >= 11 is 0. The van der Waals surface area contributed by atoms with Gasteiger partial charge in [0.15, 0.2) is 15.8 Å². The second-order valence-corrected chi connectivity index (χ2v) is 10.2. The second kappa shape index (κ2) is 11.1. The molecule has 1 unspecified atom stereocenters. The molecule has 2 aliphatic rings. The van der Waals surface area contributed by atoms with Crippen LogP contribution in [0.3, 0.4) is 0 Å². The van der Waals surface area contributed by atoms with Crippen molar-refractivity contribution in [2.24, 2.45) is 10.9 Å². The highest BCUT2D eigenvalue weighted by Gasteiger charge is 2.21. The fourth-order valence-electron chi connectivity index (χ4n) is 3.86. The molecule has 1 heterocycles. The van der Waals surface area contributed by atoms with E-state index in [-0.39, 0.29) is 11.5 Å². The minimum absolute atomic E-state index is 0.285. The summed E-state index contributed by atoms with van der Waals surface area (Å²) < 4.78 is 23.0. The summed E-state index contributed by atoms with van der Waals surface area (Å²) in [6.07, 6.45) is 9.57. The van der Waals surface area contributed by atoms with Gasteiger partial charge in [-0.3, -0.25) is 9.89 Å². The summed E-state index contributed by atoms with van der Waals surface area (Å²) in [4.78, 5) is 6.88. The molecule has 1 saturated carbocycles. The first-order valence-electron chi connectivity index (χ1n) is 10.5. The van der Waals surface area contributed by atoms with Gasteiger partial charge in [0.2, 0.25) is 0 Å². The van der Waals surface area contributed by atoms with Crippen molar-refractivity contribution in [2.45, 2.75) is 64.8 Å². The molecule has 0 aromatic heterocycles. The van der Waals surface area contributed by atoms with E-state index in [1.165, 1.54) is 44.9 Å². The lowest BCUT2D eigenvalue weighted by Crippen LogP contribution is -2.44. The van der Waals surface area contributed by atoms with Crippen LogP contribution in [0.2, 0.25) is 0 Å². The fraction of sp³-hybridized carbons (Fsp3) is 0.947. The second-order valence-electron chi connectivity index (χ2n) is 7.88. The van der Waals surface area contributed by atoms with Crippen molar-refractivity contribution in [3.05, 3.63) is 0 Å². The van der Waals surface area contributed by atoms with Crippen LogP contribution in [0.4, 0.5) is 0 Å². The van der Waals surface area contributed by atoms with E-state index in [0.29, 0.717) is 25.7 Å². The number of hydrogen-bond donors (Lipinski definition) is 2. The van der Waals surface area contributed by atoms with Crippen LogP contribution >= 0.6 is 0 Å². The normalized spacial score (nSPS) is 23.5. The van der Waals surface area contributed by atoms with Crippen LogP contribution in [-0.2, 0) is 9.84 Å². The smallest absolute Gasteiger partial charge is 0.191 e. The molecular weight excluding hydrogens is 348 g/mol. The SMILES string of the molecule is CCNC(=NCCN1CCS(=O)(=O)CC1)NC(C)CCC1CCCCC1. The molecule has 26 heavy (non-hydrogen) atoms. The molecule has 2 fully saturated rings. The molecule has 152 valence electrons. The molecule has 1 saturated heterocycles. The first-order valence-corrected chi connectivity index (χ1v) is 12.3. The molecule has 0 bridgehead atoms. The monoisotopic (exact) mass is 386 g/mol. The summed E-state index contributed by atoms with van der Waals surface area (Å²) in [5.41, 5.74) is 0. The van der Waals surface area contributed by atoms with Crippen molar-refractivity contribution < 1.29 is 8.42 Å². The number of sulfone groups is 1. The average Bonchev–Trinajstić information content (AvgIpc) is 2.62. The molecule has 0 spiro atoms. The standard InChI is InChI=1S/C19H38N4O2S/c1-3-20-19(21-11-12-23-13-15-26(24,25)16-14-23)22-17(2)9-10-18-7-5-4-6-8-18/h17-18H,3-16H2,1-2H3,(H2,20,21,22). The van der Waals surface area contributed by atoms with E-state index in [2.05, 4.69) is 34.4 Å².